The first-order valence-electron chi connectivity index (χ1n) is 15.8. The van der Waals surface area contributed by atoms with Crippen LogP contribution in [0.5, 0.6) is 0 Å². The molecule has 0 heterocycles. The number of hydrogen-bond acceptors (Lipinski definition) is 4. The minimum absolute atomic E-state index is 0.203. The number of rotatable bonds is 13. The monoisotopic (exact) mass is 640 g/mol. The standard InChI is InChI=1S/C38H48O5Si2/c1-37(2,3)44(32-19-11-7-12-20-32,33-21-13-8-14-22-33)42-30(28-36(40)41)27-31(29-39)43-45(38(4,5)6,34-23-15-9-16-24-34)35-25-17-10-18-26-35/h7-26,30-31,39H,27-29H2,1-6H3,(H,40,41). The Hall–Kier alpha value is -3.34. The number of carboxylic acid groups (broad SMARTS) is 1. The molecule has 0 bridgehead atoms. The van der Waals surface area contributed by atoms with Crippen LogP contribution in [0, 0.1) is 0 Å². The SMILES string of the molecule is CC(C)(C)[Si](OC(CO)CC(CC(=O)O)O[Si](c1ccccc1)(c1ccccc1)C(C)(C)C)(c1ccccc1)c1ccccc1. The highest BCUT2D eigenvalue weighted by molar-refractivity contribution is 7.00. The van der Waals surface area contributed by atoms with Crippen LogP contribution >= 0.6 is 0 Å². The van der Waals surface area contributed by atoms with Crippen LogP contribution in [0.15, 0.2) is 121 Å². The molecule has 2 atom stereocenters. The molecule has 0 aliphatic rings. The first-order valence-corrected chi connectivity index (χ1v) is 19.6. The number of aliphatic hydroxyl groups excluding tert-OH is 1. The zero-order chi connectivity index (χ0) is 32.7. The van der Waals surface area contributed by atoms with E-state index in [1.165, 1.54) is 0 Å². The molecule has 0 aromatic heterocycles. The van der Waals surface area contributed by atoms with E-state index in [9.17, 15) is 15.0 Å². The van der Waals surface area contributed by atoms with Gasteiger partial charge in [0.15, 0.2) is 0 Å². The molecule has 0 saturated carbocycles. The Labute approximate surface area is 271 Å². The minimum Gasteiger partial charge on any atom is -0.481 e. The fourth-order valence-corrected chi connectivity index (χ4v) is 16.1. The third kappa shape index (κ3) is 7.40. The molecule has 0 aliphatic carbocycles. The van der Waals surface area contributed by atoms with Crippen molar-refractivity contribution in [2.45, 2.75) is 76.7 Å². The van der Waals surface area contributed by atoms with Gasteiger partial charge in [-0.25, -0.2) is 0 Å². The van der Waals surface area contributed by atoms with E-state index in [1.54, 1.807) is 0 Å². The molecule has 4 aromatic rings. The Kier molecular flexibility index (Phi) is 11.0. The molecule has 0 radical (unpaired) electrons. The number of aliphatic hydroxyl groups is 1. The molecule has 0 aliphatic heterocycles. The van der Waals surface area contributed by atoms with Crippen molar-refractivity contribution in [1.29, 1.82) is 0 Å². The molecule has 5 nitrogen and oxygen atoms in total. The predicted octanol–water partition coefficient (Wildman–Crippen LogP) is 5.73. The normalized spacial score (nSPS) is 14.1. The highest BCUT2D eigenvalue weighted by Crippen LogP contribution is 2.40. The molecule has 0 spiro atoms. The number of benzene rings is 4. The highest BCUT2D eigenvalue weighted by Gasteiger charge is 2.54. The average Bonchev–Trinajstić information content (AvgIpc) is 3.02. The molecule has 7 heteroatoms. The van der Waals surface area contributed by atoms with Gasteiger partial charge >= 0.3 is 5.97 Å². The zero-order valence-corrected chi connectivity index (χ0v) is 29.4. The fourth-order valence-electron chi connectivity index (χ4n) is 6.70. The third-order valence-electron chi connectivity index (χ3n) is 8.65. The second kappa shape index (κ2) is 14.4. The van der Waals surface area contributed by atoms with Crippen LogP contribution in [-0.4, -0.2) is 51.6 Å². The summed E-state index contributed by atoms with van der Waals surface area (Å²) in [7, 11) is -6.09. The highest BCUT2D eigenvalue weighted by atomic mass is 28.4. The summed E-state index contributed by atoms with van der Waals surface area (Å²) >= 11 is 0. The van der Waals surface area contributed by atoms with Crippen molar-refractivity contribution < 1.29 is 23.9 Å². The summed E-state index contributed by atoms with van der Waals surface area (Å²) in [5.41, 5.74) is 0. The van der Waals surface area contributed by atoms with Crippen molar-refractivity contribution in [2.24, 2.45) is 0 Å². The van der Waals surface area contributed by atoms with Crippen LogP contribution in [0.4, 0.5) is 0 Å². The van der Waals surface area contributed by atoms with E-state index in [2.05, 4.69) is 90.1 Å². The van der Waals surface area contributed by atoms with E-state index in [0.29, 0.717) is 0 Å². The average molecular weight is 641 g/mol. The van der Waals surface area contributed by atoms with Gasteiger partial charge in [0, 0.05) is 6.42 Å². The number of aliphatic carboxylic acids is 1. The van der Waals surface area contributed by atoms with Crippen LogP contribution in [0.1, 0.15) is 54.4 Å². The molecular weight excluding hydrogens is 593 g/mol. The molecule has 2 N–H and O–H groups in total. The first kappa shape index (κ1) is 34.5. The molecule has 0 amide bonds. The Morgan fingerprint density at radius 2 is 0.867 bits per heavy atom. The molecule has 2 unspecified atom stereocenters. The van der Waals surface area contributed by atoms with Crippen LogP contribution in [0.25, 0.3) is 0 Å². The Morgan fingerprint density at radius 3 is 1.11 bits per heavy atom. The quantitative estimate of drug-likeness (QED) is 0.183. The summed E-state index contributed by atoms with van der Waals surface area (Å²) in [6.07, 6.45) is -1.33. The van der Waals surface area contributed by atoms with Gasteiger partial charge in [-0.05, 0) is 30.8 Å². The number of hydrogen-bond donors (Lipinski definition) is 2. The Bertz CT molecular complexity index is 1400. The molecule has 45 heavy (non-hydrogen) atoms. The van der Waals surface area contributed by atoms with Gasteiger partial charge in [0.1, 0.15) is 0 Å². The Morgan fingerprint density at radius 1 is 0.578 bits per heavy atom. The largest absolute Gasteiger partial charge is 0.481 e. The Balaban J connectivity index is 1.84. The minimum atomic E-state index is -3.07. The topological polar surface area (TPSA) is 76.0 Å². The molecule has 4 rings (SSSR count). The van der Waals surface area contributed by atoms with Crippen molar-refractivity contribution in [3.63, 3.8) is 0 Å². The summed E-state index contributed by atoms with van der Waals surface area (Å²) in [5, 5.41) is 24.8. The van der Waals surface area contributed by atoms with Crippen LogP contribution < -0.4 is 20.7 Å². The predicted molar refractivity (Wildman–Crippen MR) is 189 cm³/mol. The molecule has 4 aromatic carbocycles. The van der Waals surface area contributed by atoms with E-state index in [-0.39, 0.29) is 29.5 Å². The smallest absolute Gasteiger partial charge is 0.305 e. The van der Waals surface area contributed by atoms with E-state index < -0.39 is 34.8 Å². The van der Waals surface area contributed by atoms with Crippen molar-refractivity contribution in [1.82, 2.24) is 0 Å². The van der Waals surface area contributed by atoms with Crippen molar-refractivity contribution in [3.05, 3.63) is 121 Å². The summed E-state index contributed by atoms with van der Waals surface area (Å²) in [6, 6.07) is 41.1. The second-order valence-corrected chi connectivity index (χ2v) is 22.3. The van der Waals surface area contributed by atoms with Gasteiger partial charge in [-0.2, -0.15) is 0 Å². The van der Waals surface area contributed by atoms with E-state index in [1.807, 2.05) is 72.8 Å². The lowest BCUT2D eigenvalue weighted by atomic mass is 10.1. The van der Waals surface area contributed by atoms with Gasteiger partial charge in [-0.15, -0.1) is 0 Å². The van der Waals surface area contributed by atoms with Crippen molar-refractivity contribution in [3.8, 4) is 0 Å². The maximum Gasteiger partial charge on any atom is 0.305 e. The van der Waals surface area contributed by atoms with Crippen LogP contribution in [-0.2, 0) is 13.6 Å². The summed E-state index contributed by atoms with van der Waals surface area (Å²) in [6.45, 7) is 12.9. The molecule has 238 valence electrons. The van der Waals surface area contributed by atoms with E-state index in [4.69, 9.17) is 8.85 Å². The fraction of sp³-hybridized carbons (Fsp3) is 0.342. The van der Waals surface area contributed by atoms with Crippen LogP contribution in [0.2, 0.25) is 10.1 Å². The molecule has 0 saturated heterocycles. The van der Waals surface area contributed by atoms with Gasteiger partial charge in [-0.1, -0.05) is 163 Å². The lowest BCUT2D eigenvalue weighted by Gasteiger charge is -2.47. The lowest BCUT2D eigenvalue weighted by Crippen LogP contribution is -2.69. The third-order valence-corrected chi connectivity index (χ3v) is 18.8. The van der Waals surface area contributed by atoms with Gasteiger partial charge in [0.05, 0.1) is 25.2 Å². The zero-order valence-electron chi connectivity index (χ0n) is 27.4. The summed E-state index contributed by atoms with van der Waals surface area (Å²) in [5.74, 6) is -0.944. The molecular formula is C38H48O5Si2. The van der Waals surface area contributed by atoms with Gasteiger partial charge < -0.3 is 19.1 Å². The molecule has 0 fully saturated rings. The van der Waals surface area contributed by atoms with Gasteiger partial charge in [0.2, 0.25) is 0 Å². The first-order chi connectivity index (χ1) is 21.3. The van der Waals surface area contributed by atoms with Gasteiger partial charge in [0.25, 0.3) is 16.6 Å². The van der Waals surface area contributed by atoms with Crippen molar-refractivity contribution in [2.75, 3.05) is 6.61 Å². The van der Waals surface area contributed by atoms with Gasteiger partial charge in [-0.3, -0.25) is 4.79 Å². The maximum atomic E-state index is 12.4. The summed E-state index contributed by atoms with van der Waals surface area (Å²) < 4.78 is 14.6. The number of carboxylic acids is 1. The lowest BCUT2D eigenvalue weighted by molar-refractivity contribution is -0.139. The van der Waals surface area contributed by atoms with Crippen molar-refractivity contribution >= 4 is 43.4 Å². The van der Waals surface area contributed by atoms with Crippen LogP contribution in [0.3, 0.4) is 0 Å². The van der Waals surface area contributed by atoms with E-state index >= 15 is 0 Å². The summed E-state index contributed by atoms with van der Waals surface area (Å²) in [4.78, 5) is 12.4. The second-order valence-electron chi connectivity index (χ2n) is 13.8. The maximum absolute atomic E-state index is 12.4. The van der Waals surface area contributed by atoms with E-state index in [0.717, 1.165) is 20.7 Å². The number of carbonyl (C=O) groups is 1.